The number of nitrogens with one attached hydrogen (secondary N) is 1. The number of hydrogen-bond acceptors (Lipinski definition) is 3. The van der Waals surface area contributed by atoms with Gasteiger partial charge in [-0.15, -0.1) is 0 Å². The molecule has 0 amide bonds. The Morgan fingerprint density at radius 1 is 1.10 bits per heavy atom. The molecule has 1 spiro atoms. The zero-order valence-corrected chi connectivity index (χ0v) is 13.8. The van der Waals surface area contributed by atoms with Gasteiger partial charge in [-0.2, -0.15) is 0 Å². The van der Waals surface area contributed by atoms with E-state index in [1.54, 1.807) is 0 Å². The van der Waals surface area contributed by atoms with Crippen LogP contribution in [0.15, 0.2) is 29.3 Å². The van der Waals surface area contributed by atoms with Gasteiger partial charge in [0.1, 0.15) is 0 Å². The zero-order chi connectivity index (χ0) is 14.5. The molecule has 1 heterocycles. The Morgan fingerprint density at radius 3 is 2.43 bits per heavy atom. The fourth-order valence-electron chi connectivity index (χ4n) is 3.33. The van der Waals surface area contributed by atoms with Gasteiger partial charge in [0.25, 0.3) is 0 Å². The molecule has 0 radical (unpaired) electrons. The van der Waals surface area contributed by atoms with E-state index in [4.69, 9.17) is 4.99 Å². The summed E-state index contributed by atoms with van der Waals surface area (Å²) in [5.41, 5.74) is 3.27. The third-order valence-corrected chi connectivity index (χ3v) is 6.17. The summed E-state index contributed by atoms with van der Waals surface area (Å²) in [6.45, 7) is 4.13. The van der Waals surface area contributed by atoms with Crippen molar-refractivity contribution in [2.45, 2.75) is 52.0 Å². The van der Waals surface area contributed by atoms with E-state index in [-0.39, 0.29) is 0 Å². The van der Waals surface area contributed by atoms with Crippen molar-refractivity contribution in [3.63, 3.8) is 0 Å². The lowest BCUT2D eigenvalue weighted by Gasteiger charge is -2.38. The van der Waals surface area contributed by atoms with Gasteiger partial charge < -0.3 is 5.32 Å². The lowest BCUT2D eigenvalue weighted by Crippen LogP contribution is -2.36. The van der Waals surface area contributed by atoms with E-state index >= 15 is 0 Å². The van der Waals surface area contributed by atoms with Crippen LogP contribution >= 0.6 is 11.8 Å². The fraction of sp³-hybridized carbons (Fsp3) is 0.611. The van der Waals surface area contributed by atoms with Crippen molar-refractivity contribution >= 4 is 16.9 Å². The maximum atomic E-state index is 4.82. The number of thioether (sulfide) groups is 1. The Hall–Kier alpha value is -0.960. The Kier molecular flexibility index (Phi) is 4.89. The molecule has 3 rings (SSSR count). The number of amidine groups is 1. The average Bonchev–Trinajstić information content (AvgIpc) is 2.56. The van der Waals surface area contributed by atoms with E-state index in [1.165, 1.54) is 49.0 Å². The highest BCUT2D eigenvalue weighted by atomic mass is 32.2. The first kappa shape index (κ1) is 15.0. The highest BCUT2D eigenvalue weighted by Crippen LogP contribution is 2.41. The standard InChI is InChI=1S/C18H26N2S/c1-2-15-6-8-16(9-7-15)12-19-17-20-13-18(14-21-17)10-4-3-5-11-18/h6-9H,2-5,10-14H2,1H3,(H,19,20). The highest BCUT2D eigenvalue weighted by Gasteiger charge is 2.34. The van der Waals surface area contributed by atoms with Gasteiger partial charge in [-0.1, -0.05) is 62.2 Å². The van der Waals surface area contributed by atoms with Crippen molar-refractivity contribution in [3.8, 4) is 0 Å². The lowest BCUT2D eigenvalue weighted by atomic mass is 9.75. The van der Waals surface area contributed by atoms with Gasteiger partial charge in [0, 0.05) is 18.8 Å². The van der Waals surface area contributed by atoms with Crippen LogP contribution in [-0.2, 0) is 13.0 Å². The second-order valence-electron chi connectivity index (χ2n) is 6.49. The predicted molar refractivity (Wildman–Crippen MR) is 92.9 cm³/mol. The van der Waals surface area contributed by atoms with Crippen molar-refractivity contribution in [3.05, 3.63) is 35.4 Å². The Morgan fingerprint density at radius 2 is 1.81 bits per heavy atom. The quantitative estimate of drug-likeness (QED) is 0.895. The van der Waals surface area contributed by atoms with Crippen LogP contribution in [-0.4, -0.2) is 17.5 Å². The van der Waals surface area contributed by atoms with Crippen molar-refractivity contribution in [2.24, 2.45) is 10.4 Å². The van der Waals surface area contributed by atoms with Crippen molar-refractivity contribution in [1.29, 1.82) is 0 Å². The van der Waals surface area contributed by atoms with Crippen molar-refractivity contribution < 1.29 is 0 Å². The van der Waals surface area contributed by atoms with E-state index in [0.29, 0.717) is 5.41 Å². The highest BCUT2D eigenvalue weighted by molar-refractivity contribution is 8.13. The third kappa shape index (κ3) is 3.82. The first-order valence-electron chi connectivity index (χ1n) is 8.29. The van der Waals surface area contributed by atoms with Gasteiger partial charge in [0.05, 0.1) is 0 Å². The minimum absolute atomic E-state index is 0.525. The van der Waals surface area contributed by atoms with Crippen LogP contribution in [0.25, 0.3) is 0 Å². The van der Waals surface area contributed by atoms with E-state index in [9.17, 15) is 0 Å². The normalized spacial score (nSPS) is 21.1. The second kappa shape index (κ2) is 6.87. The molecule has 0 unspecified atom stereocenters. The third-order valence-electron chi connectivity index (χ3n) is 4.86. The zero-order valence-electron chi connectivity index (χ0n) is 13.0. The first-order valence-corrected chi connectivity index (χ1v) is 9.27. The molecule has 0 atom stereocenters. The Balaban J connectivity index is 1.51. The summed E-state index contributed by atoms with van der Waals surface area (Å²) >= 11 is 1.93. The number of hydrogen-bond donors (Lipinski definition) is 1. The SMILES string of the molecule is CCc1ccc(CNC2=NCC3(CCCCC3)CS2)cc1. The molecular formula is C18H26N2S. The van der Waals surface area contributed by atoms with Crippen LogP contribution in [0.5, 0.6) is 0 Å². The van der Waals surface area contributed by atoms with Crippen molar-refractivity contribution in [1.82, 2.24) is 5.32 Å². The van der Waals surface area contributed by atoms with Gasteiger partial charge in [-0.25, -0.2) is 0 Å². The average molecular weight is 302 g/mol. The molecule has 21 heavy (non-hydrogen) atoms. The van der Waals surface area contributed by atoms with Crippen LogP contribution in [0.1, 0.15) is 50.2 Å². The summed E-state index contributed by atoms with van der Waals surface area (Å²) < 4.78 is 0. The topological polar surface area (TPSA) is 24.4 Å². The van der Waals surface area contributed by atoms with Crippen molar-refractivity contribution in [2.75, 3.05) is 12.3 Å². The van der Waals surface area contributed by atoms with Crippen LogP contribution < -0.4 is 5.32 Å². The van der Waals surface area contributed by atoms with Gasteiger partial charge in [0.2, 0.25) is 0 Å². The molecule has 1 saturated carbocycles. The summed E-state index contributed by atoms with van der Waals surface area (Å²) in [4.78, 5) is 4.82. The molecule has 2 aliphatic rings. The summed E-state index contributed by atoms with van der Waals surface area (Å²) in [5.74, 6) is 1.26. The lowest BCUT2D eigenvalue weighted by molar-refractivity contribution is 0.232. The van der Waals surface area contributed by atoms with Gasteiger partial charge in [0.15, 0.2) is 5.17 Å². The second-order valence-corrected chi connectivity index (χ2v) is 7.46. The molecule has 1 aliphatic heterocycles. The smallest absolute Gasteiger partial charge is 0.156 e. The van der Waals surface area contributed by atoms with Gasteiger partial charge in [-0.05, 0) is 35.8 Å². The van der Waals surface area contributed by atoms with E-state index in [2.05, 4.69) is 36.5 Å². The largest absolute Gasteiger partial charge is 0.361 e. The number of aryl methyl sites for hydroxylation is 1. The number of nitrogens with zero attached hydrogens (tertiary/aromatic N) is 1. The monoisotopic (exact) mass is 302 g/mol. The molecule has 1 aromatic rings. The van der Waals surface area contributed by atoms with Crippen LogP contribution in [0.2, 0.25) is 0 Å². The number of benzene rings is 1. The number of rotatable bonds is 3. The predicted octanol–water partition coefficient (Wildman–Crippen LogP) is 4.39. The molecular weight excluding hydrogens is 276 g/mol. The number of aliphatic imine (C=N–C) groups is 1. The van der Waals surface area contributed by atoms with E-state index in [0.717, 1.165) is 24.7 Å². The fourth-order valence-corrected chi connectivity index (χ4v) is 4.49. The Labute approximate surface area is 132 Å². The first-order chi connectivity index (χ1) is 10.3. The molecule has 114 valence electrons. The molecule has 1 aliphatic carbocycles. The molecule has 2 nitrogen and oxygen atoms in total. The molecule has 0 saturated heterocycles. The van der Waals surface area contributed by atoms with E-state index in [1.807, 2.05) is 11.8 Å². The Bertz CT molecular complexity index is 486. The van der Waals surface area contributed by atoms with Gasteiger partial charge >= 0.3 is 0 Å². The van der Waals surface area contributed by atoms with Crippen LogP contribution in [0.3, 0.4) is 0 Å². The summed E-state index contributed by atoms with van der Waals surface area (Å²) in [5, 5.41) is 4.65. The maximum Gasteiger partial charge on any atom is 0.156 e. The maximum absolute atomic E-state index is 4.82. The molecule has 0 bridgehead atoms. The summed E-state index contributed by atoms with van der Waals surface area (Å²) in [7, 11) is 0. The molecule has 3 heteroatoms. The minimum Gasteiger partial charge on any atom is -0.361 e. The molecule has 1 fully saturated rings. The minimum atomic E-state index is 0.525. The van der Waals surface area contributed by atoms with Crippen LogP contribution in [0.4, 0.5) is 0 Å². The van der Waals surface area contributed by atoms with E-state index < -0.39 is 0 Å². The molecule has 0 aromatic heterocycles. The summed E-state index contributed by atoms with van der Waals surface area (Å²) in [6.07, 6.45) is 8.11. The molecule has 1 aromatic carbocycles. The molecule has 1 N–H and O–H groups in total. The van der Waals surface area contributed by atoms with Crippen LogP contribution in [0, 0.1) is 5.41 Å². The van der Waals surface area contributed by atoms with Gasteiger partial charge in [-0.3, -0.25) is 4.99 Å². The summed E-state index contributed by atoms with van der Waals surface area (Å²) in [6, 6.07) is 8.90.